The molecule has 8 heteroatoms. The third-order valence-electron chi connectivity index (χ3n) is 5.07. The minimum absolute atomic E-state index is 0.00621. The molecule has 2 aromatic rings. The molecule has 2 aromatic carbocycles. The van der Waals surface area contributed by atoms with Gasteiger partial charge in [0.25, 0.3) is 11.8 Å². The van der Waals surface area contributed by atoms with E-state index >= 15 is 0 Å². The Bertz CT molecular complexity index is 1010. The van der Waals surface area contributed by atoms with Crippen molar-refractivity contribution in [1.82, 2.24) is 10.4 Å². The lowest BCUT2D eigenvalue weighted by atomic mass is 10.1. The molecule has 0 aromatic heterocycles. The maximum Gasteiger partial charge on any atom is 0.311 e. The molecule has 1 aliphatic heterocycles. The lowest BCUT2D eigenvalue weighted by molar-refractivity contribution is -0.151. The fraction of sp³-hybridized carbons (Fsp3) is 0.304. The van der Waals surface area contributed by atoms with Gasteiger partial charge in [-0.15, -0.1) is 0 Å². The third-order valence-corrected chi connectivity index (χ3v) is 5.07. The summed E-state index contributed by atoms with van der Waals surface area (Å²) in [7, 11) is 0. The zero-order valence-corrected chi connectivity index (χ0v) is 17.7. The molecular formula is C23H25N3O5. The number of carbonyl (C=O) groups is 4. The van der Waals surface area contributed by atoms with Gasteiger partial charge in [-0.3, -0.25) is 29.6 Å². The van der Waals surface area contributed by atoms with Gasteiger partial charge in [0.05, 0.1) is 12.5 Å². The van der Waals surface area contributed by atoms with Crippen molar-refractivity contribution in [2.75, 3.05) is 18.5 Å². The number of hydrazine groups is 1. The highest BCUT2D eigenvalue weighted by Crippen LogP contribution is 2.20. The Morgan fingerprint density at radius 3 is 2.42 bits per heavy atom. The molecule has 0 spiro atoms. The molecule has 1 atom stereocenters. The zero-order chi connectivity index (χ0) is 22.5. The van der Waals surface area contributed by atoms with Crippen LogP contribution >= 0.6 is 0 Å². The number of nitrogens with one attached hydrogen (secondary N) is 2. The van der Waals surface area contributed by atoms with Gasteiger partial charge in [-0.2, -0.15) is 0 Å². The zero-order valence-electron chi connectivity index (χ0n) is 17.7. The Morgan fingerprint density at radius 2 is 1.74 bits per heavy atom. The second-order valence-electron chi connectivity index (χ2n) is 7.64. The Balaban J connectivity index is 1.51. The summed E-state index contributed by atoms with van der Waals surface area (Å²) in [6, 6.07) is 12.6. The van der Waals surface area contributed by atoms with Crippen molar-refractivity contribution in [2.24, 2.45) is 5.92 Å². The maximum atomic E-state index is 12.3. The van der Waals surface area contributed by atoms with E-state index in [0.717, 1.165) is 21.7 Å². The molecule has 0 unspecified atom stereocenters. The number of benzene rings is 2. The summed E-state index contributed by atoms with van der Waals surface area (Å²) in [5.41, 5.74) is 6.35. The molecule has 0 saturated carbocycles. The normalized spacial score (nSPS) is 15.5. The highest BCUT2D eigenvalue weighted by molar-refractivity contribution is 5.97. The van der Waals surface area contributed by atoms with Gasteiger partial charge in [-0.25, -0.2) is 0 Å². The van der Waals surface area contributed by atoms with E-state index in [9.17, 15) is 19.2 Å². The van der Waals surface area contributed by atoms with Gasteiger partial charge in [0.1, 0.15) is 0 Å². The van der Waals surface area contributed by atoms with Gasteiger partial charge in [0, 0.05) is 17.7 Å². The fourth-order valence-electron chi connectivity index (χ4n) is 3.39. The van der Waals surface area contributed by atoms with Crippen LogP contribution in [0.4, 0.5) is 5.69 Å². The molecule has 3 rings (SSSR count). The highest BCUT2D eigenvalue weighted by atomic mass is 16.5. The average Bonchev–Trinajstić information content (AvgIpc) is 3.09. The van der Waals surface area contributed by atoms with E-state index in [2.05, 4.69) is 10.7 Å². The first kappa shape index (κ1) is 22.0. The van der Waals surface area contributed by atoms with Gasteiger partial charge in [0.2, 0.25) is 5.91 Å². The van der Waals surface area contributed by atoms with Crippen molar-refractivity contribution in [3.63, 3.8) is 0 Å². The summed E-state index contributed by atoms with van der Waals surface area (Å²) in [5.74, 6) is -2.68. The molecule has 0 aliphatic carbocycles. The number of aryl methyl sites for hydroxylation is 3. The van der Waals surface area contributed by atoms with Gasteiger partial charge < -0.3 is 10.1 Å². The topological polar surface area (TPSA) is 105 Å². The predicted molar refractivity (Wildman–Crippen MR) is 114 cm³/mol. The fourth-order valence-corrected chi connectivity index (χ4v) is 3.39. The quantitative estimate of drug-likeness (QED) is 0.694. The molecule has 3 amide bonds. The van der Waals surface area contributed by atoms with Crippen molar-refractivity contribution >= 4 is 29.4 Å². The summed E-state index contributed by atoms with van der Waals surface area (Å²) >= 11 is 0. The number of hydrogen-bond acceptors (Lipinski definition) is 5. The van der Waals surface area contributed by atoms with Crippen LogP contribution in [0.2, 0.25) is 0 Å². The second kappa shape index (κ2) is 9.42. The monoisotopic (exact) mass is 423 g/mol. The van der Waals surface area contributed by atoms with Crippen molar-refractivity contribution in [3.05, 3.63) is 64.7 Å². The third kappa shape index (κ3) is 5.48. The lowest BCUT2D eigenvalue weighted by Crippen LogP contribution is -2.43. The maximum absolute atomic E-state index is 12.3. The largest absolute Gasteiger partial charge is 0.455 e. The van der Waals surface area contributed by atoms with Gasteiger partial charge >= 0.3 is 5.97 Å². The second-order valence-corrected chi connectivity index (χ2v) is 7.64. The van der Waals surface area contributed by atoms with Crippen LogP contribution in [0.5, 0.6) is 0 Å². The van der Waals surface area contributed by atoms with E-state index in [4.69, 9.17) is 4.74 Å². The molecule has 8 nitrogen and oxygen atoms in total. The van der Waals surface area contributed by atoms with E-state index < -0.39 is 30.3 Å². The number of esters is 1. The predicted octanol–water partition coefficient (Wildman–Crippen LogP) is 2.29. The number of nitrogens with zero attached hydrogens (tertiary/aromatic N) is 1. The summed E-state index contributed by atoms with van der Waals surface area (Å²) in [5, 5.41) is 3.86. The van der Waals surface area contributed by atoms with Crippen molar-refractivity contribution < 1.29 is 23.9 Å². The number of para-hydroxylation sites is 1. The van der Waals surface area contributed by atoms with E-state index in [0.29, 0.717) is 11.3 Å². The molecule has 1 heterocycles. The Morgan fingerprint density at radius 1 is 1.06 bits per heavy atom. The van der Waals surface area contributed by atoms with Crippen LogP contribution in [0.3, 0.4) is 0 Å². The number of anilines is 1. The van der Waals surface area contributed by atoms with Gasteiger partial charge in [-0.1, -0.05) is 35.9 Å². The molecule has 0 bridgehead atoms. The smallest absolute Gasteiger partial charge is 0.311 e. The minimum Gasteiger partial charge on any atom is -0.455 e. The van der Waals surface area contributed by atoms with E-state index in [1.54, 1.807) is 18.2 Å². The number of rotatable bonds is 6. The Hall–Kier alpha value is -3.68. The van der Waals surface area contributed by atoms with Crippen molar-refractivity contribution in [3.8, 4) is 0 Å². The first-order chi connectivity index (χ1) is 14.7. The van der Waals surface area contributed by atoms with Crippen LogP contribution in [-0.2, 0) is 19.1 Å². The average molecular weight is 423 g/mol. The molecule has 1 aliphatic rings. The lowest BCUT2D eigenvalue weighted by Gasteiger charge is -2.17. The standard InChI is InChI=1S/C23H25N3O5/c1-14-6-4-9-17(10-14)22(29)25-26-12-18(11-20(26)28)23(30)31-13-19(27)24-21-15(2)7-5-8-16(21)3/h4-10,18H,11-13H2,1-3H3,(H,24,27)(H,25,29)/t18-/m1/s1. The van der Waals surface area contributed by atoms with Crippen LogP contribution in [0, 0.1) is 26.7 Å². The molecule has 1 fully saturated rings. The number of ether oxygens (including phenoxy) is 1. The van der Waals surface area contributed by atoms with Crippen LogP contribution in [0.25, 0.3) is 0 Å². The van der Waals surface area contributed by atoms with E-state index in [1.165, 1.54) is 0 Å². The number of carbonyl (C=O) groups excluding carboxylic acids is 4. The highest BCUT2D eigenvalue weighted by Gasteiger charge is 2.36. The van der Waals surface area contributed by atoms with E-state index in [-0.39, 0.29) is 18.9 Å². The minimum atomic E-state index is -0.752. The summed E-state index contributed by atoms with van der Waals surface area (Å²) in [6.07, 6.45) is -0.0918. The molecule has 1 saturated heterocycles. The number of amides is 3. The van der Waals surface area contributed by atoms with E-state index in [1.807, 2.05) is 45.0 Å². The van der Waals surface area contributed by atoms with Gasteiger partial charge in [-0.05, 0) is 44.0 Å². The number of hydrogen-bond donors (Lipinski definition) is 2. The van der Waals surface area contributed by atoms with Crippen molar-refractivity contribution in [1.29, 1.82) is 0 Å². The summed E-state index contributed by atoms with van der Waals surface area (Å²) in [4.78, 5) is 49.1. The first-order valence-electron chi connectivity index (χ1n) is 9.95. The van der Waals surface area contributed by atoms with Crippen LogP contribution in [-0.4, -0.2) is 41.9 Å². The van der Waals surface area contributed by atoms with Crippen LogP contribution in [0.15, 0.2) is 42.5 Å². The molecule has 2 N–H and O–H groups in total. The molecule has 0 radical (unpaired) electrons. The van der Waals surface area contributed by atoms with Gasteiger partial charge in [0.15, 0.2) is 6.61 Å². The first-order valence-corrected chi connectivity index (χ1v) is 9.95. The Labute approximate surface area is 180 Å². The summed E-state index contributed by atoms with van der Waals surface area (Å²) in [6.45, 7) is 5.15. The Kier molecular flexibility index (Phi) is 6.69. The van der Waals surface area contributed by atoms with Crippen LogP contribution < -0.4 is 10.7 Å². The van der Waals surface area contributed by atoms with Crippen molar-refractivity contribution in [2.45, 2.75) is 27.2 Å². The molecular weight excluding hydrogens is 398 g/mol. The molecule has 162 valence electrons. The molecule has 31 heavy (non-hydrogen) atoms. The SMILES string of the molecule is Cc1cccc(C(=O)NN2C[C@H](C(=O)OCC(=O)Nc3c(C)cccc3C)CC2=O)c1. The van der Waals surface area contributed by atoms with Crippen LogP contribution in [0.1, 0.15) is 33.5 Å². The summed E-state index contributed by atoms with van der Waals surface area (Å²) < 4.78 is 5.10.